The summed E-state index contributed by atoms with van der Waals surface area (Å²) in [6.07, 6.45) is 5.25. The van der Waals surface area contributed by atoms with Crippen molar-refractivity contribution in [1.82, 2.24) is 10.2 Å². The zero-order valence-corrected chi connectivity index (χ0v) is 11.5. The smallest absolute Gasteiger partial charge is 0.0621 e. The molecule has 2 heterocycles. The van der Waals surface area contributed by atoms with Gasteiger partial charge in [-0.2, -0.15) is 0 Å². The number of nitrogens with zero attached hydrogens (tertiary/aromatic N) is 1. The van der Waals surface area contributed by atoms with E-state index >= 15 is 0 Å². The SMILES string of the molecule is CC(C)N(CC1CCNCC1)C1CCCOC1. The van der Waals surface area contributed by atoms with Crippen LogP contribution < -0.4 is 5.32 Å². The summed E-state index contributed by atoms with van der Waals surface area (Å²) in [5.74, 6) is 0.889. The molecular weight excluding hydrogens is 212 g/mol. The van der Waals surface area contributed by atoms with E-state index in [1.807, 2.05) is 0 Å². The van der Waals surface area contributed by atoms with E-state index in [9.17, 15) is 0 Å². The summed E-state index contributed by atoms with van der Waals surface area (Å²) in [5.41, 5.74) is 0. The van der Waals surface area contributed by atoms with Gasteiger partial charge in [0.15, 0.2) is 0 Å². The highest BCUT2D eigenvalue weighted by Crippen LogP contribution is 2.21. The second kappa shape index (κ2) is 6.72. The first-order chi connectivity index (χ1) is 8.27. The van der Waals surface area contributed by atoms with Crippen LogP contribution in [0.4, 0.5) is 0 Å². The minimum absolute atomic E-state index is 0.650. The van der Waals surface area contributed by atoms with Crippen LogP contribution in [0.25, 0.3) is 0 Å². The number of piperidine rings is 1. The average molecular weight is 240 g/mol. The van der Waals surface area contributed by atoms with Gasteiger partial charge in [0.25, 0.3) is 0 Å². The van der Waals surface area contributed by atoms with Gasteiger partial charge < -0.3 is 10.1 Å². The van der Waals surface area contributed by atoms with Crippen LogP contribution >= 0.6 is 0 Å². The monoisotopic (exact) mass is 240 g/mol. The molecular formula is C14H28N2O. The third-order valence-electron chi connectivity index (χ3n) is 4.20. The second-order valence-corrected chi connectivity index (χ2v) is 5.85. The van der Waals surface area contributed by atoms with E-state index in [-0.39, 0.29) is 0 Å². The minimum atomic E-state index is 0.650. The molecule has 17 heavy (non-hydrogen) atoms. The quantitative estimate of drug-likeness (QED) is 0.812. The summed E-state index contributed by atoms with van der Waals surface area (Å²) in [6.45, 7) is 10.3. The molecule has 0 spiro atoms. The van der Waals surface area contributed by atoms with E-state index in [0.29, 0.717) is 12.1 Å². The van der Waals surface area contributed by atoms with Crippen LogP contribution in [-0.2, 0) is 4.74 Å². The molecule has 2 aliphatic rings. The highest BCUT2D eigenvalue weighted by atomic mass is 16.5. The maximum absolute atomic E-state index is 5.65. The fourth-order valence-corrected chi connectivity index (χ4v) is 3.13. The van der Waals surface area contributed by atoms with Gasteiger partial charge >= 0.3 is 0 Å². The predicted octanol–water partition coefficient (Wildman–Crippen LogP) is 1.88. The Kier molecular flexibility index (Phi) is 5.26. The van der Waals surface area contributed by atoms with Crippen molar-refractivity contribution in [3.8, 4) is 0 Å². The van der Waals surface area contributed by atoms with Gasteiger partial charge in [0.2, 0.25) is 0 Å². The van der Waals surface area contributed by atoms with Crippen molar-refractivity contribution in [3.63, 3.8) is 0 Å². The normalized spacial score (nSPS) is 27.9. The first-order valence-electron chi connectivity index (χ1n) is 7.31. The van der Waals surface area contributed by atoms with Crippen molar-refractivity contribution in [2.24, 2.45) is 5.92 Å². The van der Waals surface area contributed by atoms with E-state index in [4.69, 9.17) is 4.74 Å². The number of hydrogen-bond donors (Lipinski definition) is 1. The molecule has 3 heteroatoms. The first kappa shape index (κ1) is 13.3. The number of ether oxygens (including phenoxy) is 1. The maximum atomic E-state index is 5.65. The Balaban J connectivity index is 1.86. The van der Waals surface area contributed by atoms with Crippen molar-refractivity contribution in [2.75, 3.05) is 32.8 Å². The summed E-state index contributed by atoms with van der Waals surface area (Å²) in [5, 5.41) is 3.45. The molecule has 2 rings (SSSR count). The van der Waals surface area contributed by atoms with Crippen LogP contribution in [0.15, 0.2) is 0 Å². The molecule has 0 saturated carbocycles. The predicted molar refractivity (Wildman–Crippen MR) is 71.3 cm³/mol. The summed E-state index contributed by atoms with van der Waals surface area (Å²) < 4.78 is 5.65. The third-order valence-corrected chi connectivity index (χ3v) is 4.20. The average Bonchev–Trinajstić information content (AvgIpc) is 2.38. The summed E-state index contributed by atoms with van der Waals surface area (Å²) in [6, 6.07) is 1.32. The molecule has 1 N–H and O–H groups in total. The van der Waals surface area contributed by atoms with Gasteiger partial charge in [-0.25, -0.2) is 0 Å². The third kappa shape index (κ3) is 3.94. The molecule has 3 nitrogen and oxygen atoms in total. The number of nitrogens with one attached hydrogen (secondary N) is 1. The molecule has 0 amide bonds. The fourth-order valence-electron chi connectivity index (χ4n) is 3.13. The van der Waals surface area contributed by atoms with E-state index in [1.54, 1.807) is 0 Å². The van der Waals surface area contributed by atoms with Crippen molar-refractivity contribution < 1.29 is 4.74 Å². The molecule has 0 aliphatic carbocycles. The zero-order valence-electron chi connectivity index (χ0n) is 11.5. The Hall–Kier alpha value is -0.120. The Labute approximate surface area is 106 Å². The summed E-state index contributed by atoms with van der Waals surface area (Å²) >= 11 is 0. The Morgan fingerprint density at radius 1 is 1.24 bits per heavy atom. The molecule has 2 saturated heterocycles. The molecule has 0 radical (unpaired) electrons. The second-order valence-electron chi connectivity index (χ2n) is 5.85. The van der Waals surface area contributed by atoms with Crippen LogP contribution in [0.2, 0.25) is 0 Å². The van der Waals surface area contributed by atoms with Crippen LogP contribution in [0, 0.1) is 5.92 Å². The lowest BCUT2D eigenvalue weighted by Crippen LogP contribution is -2.48. The van der Waals surface area contributed by atoms with Crippen LogP contribution in [0.3, 0.4) is 0 Å². The summed E-state index contributed by atoms with van der Waals surface area (Å²) in [7, 11) is 0. The van der Waals surface area contributed by atoms with Gasteiger partial charge in [-0.15, -0.1) is 0 Å². The van der Waals surface area contributed by atoms with E-state index in [1.165, 1.54) is 45.3 Å². The zero-order chi connectivity index (χ0) is 12.1. The van der Waals surface area contributed by atoms with E-state index in [0.717, 1.165) is 19.1 Å². The highest BCUT2D eigenvalue weighted by molar-refractivity contribution is 4.81. The Bertz CT molecular complexity index is 208. The van der Waals surface area contributed by atoms with Gasteiger partial charge in [-0.3, -0.25) is 4.90 Å². The largest absolute Gasteiger partial charge is 0.380 e. The first-order valence-corrected chi connectivity index (χ1v) is 7.31. The number of hydrogen-bond acceptors (Lipinski definition) is 3. The van der Waals surface area contributed by atoms with Crippen molar-refractivity contribution >= 4 is 0 Å². The molecule has 2 fully saturated rings. The van der Waals surface area contributed by atoms with Crippen LogP contribution in [0.5, 0.6) is 0 Å². The lowest BCUT2D eigenvalue weighted by atomic mass is 9.95. The molecule has 1 unspecified atom stereocenters. The van der Waals surface area contributed by atoms with Gasteiger partial charge in [-0.1, -0.05) is 0 Å². The van der Waals surface area contributed by atoms with Crippen LogP contribution in [0.1, 0.15) is 39.5 Å². The lowest BCUT2D eigenvalue weighted by Gasteiger charge is -2.40. The van der Waals surface area contributed by atoms with Crippen molar-refractivity contribution in [2.45, 2.75) is 51.6 Å². The van der Waals surface area contributed by atoms with Crippen LogP contribution in [-0.4, -0.2) is 49.8 Å². The number of rotatable bonds is 4. The molecule has 2 aliphatic heterocycles. The van der Waals surface area contributed by atoms with Crippen molar-refractivity contribution in [3.05, 3.63) is 0 Å². The molecule has 0 aromatic heterocycles. The lowest BCUT2D eigenvalue weighted by molar-refractivity contribution is -0.00269. The van der Waals surface area contributed by atoms with Gasteiger partial charge in [-0.05, 0) is 58.5 Å². The fraction of sp³-hybridized carbons (Fsp3) is 1.00. The van der Waals surface area contributed by atoms with Gasteiger partial charge in [0.05, 0.1) is 6.61 Å². The maximum Gasteiger partial charge on any atom is 0.0621 e. The van der Waals surface area contributed by atoms with Gasteiger partial charge in [0.1, 0.15) is 0 Å². The van der Waals surface area contributed by atoms with E-state index in [2.05, 4.69) is 24.1 Å². The van der Waals surface area contributed by atoms with E-state index < -0.39 is 0 Å². The topological polar surface area (TPSA) is 24.5 Å². The highest BCUT2D eigenvalue weighted by Gasteiger charge is 2.26. The Morgan fingerprint density at radius 3 is 2.59 bits per heavy atom. The molecule has 0 aromatic carbocycles. The Morgan fingerprint density at radius 2 is 2.00 bits per heavy atom. The molecule has 0 aromatic rings. The molecule has 100 valence electrons. The molecule has 1 atom stereocenters. The minimum Gasteiger partial charge on any atom is -0.380 e. The molecule has 0 bridgehead atoms. The van der Waals surface area contributed by atoms with Gasteiger partial charge in [0, 0.05) is 25.2 Å². The standard InChI is InChI=1S/C14H28N2O/c1-12(2)16(14-4-3-9-17-11-14)10-13-5-7-15-8-6-13/h12-15H,3-11H2,1-2H3. The van der Waals surface area contributed by atoms with Crippen molar-refractivity contribution in [1.29, 1.82) is 0 Å². The summed E-state index contributed by atoms with van der Waals surface area (Å²) in [4.78, 5) is 2.69.